The molecule has 6 rings (SSSR count). The van der Waals surface area contributed by atoms with E-state index in [2.05, 4.69) is 27.5 Å². The maximum atomic E-state index is 13.5. The van der Waals surface area contributed by atoms with Crippen LogP contribution in [0.3, 0.4) is 0 Å². The number of carbonyl (C=O) groups excluding carboxylic acids is 1. The lowest BCUT2D eigenvalue weighted by Gasteiger charge is -2.48. The predicted octanol–water partition coefficient (Wildman–Crippen LogP) is 2.22. The molecule has 3 aliphatic rings. The van der Waals surface area contributed by atoms with Crippen LogP contribution < -0.4 is 26.7 Å². The highest BCUT2D eigenvalue weighted by molar-refractivity contribution is 5.95. The van der Waals surface area contributed by atoms with Gasteiger partial charge < -0.3 is 30.6 Å². The van der Waals surface area contributed by atoms with Gasteiger partial charge in [0.1, 0.15) is 17.0 Å². The third-order valence-electron chi connectivity index (χ3n) is 7.03. The molecule has 1 amide bonds. The summed E-state index contributed by atoms with van der Waals surface area (Å²) in [6.45, 7) is 5.89. The van der Waals surface area contributed by atoms with Gasteiger partial charge in [-0.1, -0.05) is 19.4 Å². The first-order valence-electron chi connectivity index (χ1n) is 12.5. The molecule has 3 saturated heterocycles. The molecule has 2 bridgehead atoms. The van der Waals surface area contributed by atoms with Gasteiger partial charge in [0.25, 0.3) is 11.5 Å². The summed E-state index contributed by atoms with van der Waals surface area (Å²) >= 11 is 0. The highest BCUT2D eigenvalue weighted by Crippen LogP contribution is 2.26. The van der Waals surface area contributed by atoms with Gasteiger partial charge in [-0.05, 0) is 38.0 Å². The van der Waals surface area contributed by atoms with E-state index in [0.29, 0.717) is 40.1 Å². The molecule has 0 radical (unpaired) electrons. The summed E-state index contributed by atoms with van der Waals surface area (Å²) in [5.74, 6) is 1.14. The normalized spacial score (nSPS) is 19.6. The van der Waals surface area contributed by atoms with Crippen molar-refractivity contribution in [1.29, 1.82) is 0 Å². The fourth-order valence-electron chi connectivity index (χ4n) is 5.22. The van der Waals surface area contributed by atoms with E-state index >= 15 is 0 Å². The Hall–Kier alpha value is -3.66. The molecule has 3 aliphatic heterocycles. The molecular formula is C26H33N7O3. The number of pyridine rings is 1. The van der Waals surface area contributed by atoms with E-state index in [4.69, 9.17) is 10.5 Å². The Morgan fingerprint density at radius 2 is 2.03 bits per heavy atom. The molecule has 3 atom stereocenters. The number of nitrogens with zero attached hydrogens (tertiary/aromatic N) is 4. The maximum Gasteiger partial charge on any atom is 0.264 e. The number of hydrogen-bond acceptors (Lipinski definition) is 8. The van der Waals surface area contributed by atoms with Crippen molar-refractivity contribution in [3.05, 3.63) is 51.9 Å². The molecular weight excluding hydrogens is 458 g/mol. The minimum absolute atomic E-state index is 0.00516. The summed E-state index contributed by atoms with van der Waals surface area (Å²) < 4.78 is 7.22. The Labute approximate surface area is 209 Å². The molecule has 3 aromatic rings. The molecule has 36 heavy (non-hydrogen) atoms. The van der Waals surface area contributed by atoms with Gasteiger partial charge in [-0.25, -0.2) is 4.98 Å². The second-order valence-corrected chi connectivity index (χ2v) is 9.81. The fraction of sp³-hybridized carbons (Fsp3) is 0.462. The van der Waals surface area contributed by atoms with E-state index in [9.17, 15) is 9.59 Å². The van der Waals surface area contributed by atoms with Gasteiger partial charge >= 0.3 is 0 Å². The van der Waals surface area contributed by atoms with Crippen molar-refractivity contribution in [3.8, 4) is 5.75 Å². The molecule has 2 unspecified atom stereocenters. The minimum atomic E-state index is -0.221. The summed E-state index contributed by atoms with van der Waals surface area (Å²) in [6, 6.07) is 8.13. The number of benzene rings is 1. The Morgan fingerprint density at radius 3 is 2.72 bits per heavy atom. The monoisotopic (exact) mass is 491 g/mol. The average Bonchev–Trinajstić information content (AvgIpc) is 2.85. The quantitative estimate of drug-likeness (QED) is 0.438. The van der Waals surface area contributed by atoms with Crippen molar-refractivity contribution < 1.29 is 9.53 Å². The van der Waals surface area contributed by atoms with Crippen LogP contribution in [0.15, 0.2) is 35.3 Å². The summed E-state index contributed by atoms with van der Waals surface area (Å²) in [6.07, 6.45) is 4.77. The second-order valence-electron chi connectivity index (χ2n) is 9.81. The summed E-state index contributed by atoms with van der Waals surface area (Å²) in [7, 11) is 1.57. The largest absolute Gasteiger partial charge is 0.496 e. The SMILES string of the molecule is CCC[C@@H](C)Nc1nc(N)nc2ccn(Cc3ccc(C(=O)N4CC5CC(C4)N5)cc3OC)c(=O)c12. The number of nitrogens with one attached hydrogen (secondary N) is 2. The van der Waals surface area contributed by atoms with E-state index < -0.39 is 0 Å². The zero-order valence-electron chi connectivity index (χ0n) is 21.0. The van der Waals surface area contributed by atoms with Crippen molar-refractivity contribution in [3.63, 3.8) is 0 Å². The Balaban J connectivity index is 1.43. The van der Waals surface area contributed by atoms with Crippen LogP contribution in [0.25, 0.3) is 10.9 Å². The van der Waals surface area contributed by atoms with E-state index in [1.807, 2.05) is 24.0 Å². The van der Waals surface area contributed by atoms with Gasteiger partial charge in [-0.15, -0.1) is 0 Å². The first-order chi connectivity index (χ1) is 17.4. The van der Waals surface area contributed by atoms with Crippen molar-refractivity contribution in [2.24, 2.45) is 0 Å². The topological polar surface area (TPSA) is 127 Å². The number of anilines is 2. The Kier molecular flexibility index (Phi) is 6.53. The number of nitrogens with two attached hydrogens (primary N) is 1. The molecule has 10 heteroatoms. The van der Waals surface area contributed by atoms with Crippen LogP contribution in [-0.4, -0.2) is 63.7 Å². The minimum Gasteiger partial charge on any atom is -0.496 e. The zero-order valence-corrected chi connectivity index (χ0v) is 21.0. The number of amides is 1. The third kappa shape index (κ3) is 4.60. The number of aromatic nitrogens is 3. The van der Waals surface area contributed by atoms with Crippen LogP contribution in [0.1, 0.15) is 49.0 Å². The standard InChI is InChI=1S/C26H33N7O3/c1-4-5-15(2)28-23-22-20(30-26(27)31-23)8-9-32(25(22)35)12-17-7-6-16(10-21(17)36-3)24(34)33-13-18-11-19(14-33)29-18/h6-10,15,18-19,29H,4-5,11-14H2,1-3H3,(H3,27,28,30,31)/t15-,18?,19?/m1/s1. The molecule has 5 heterocycles. The smallest absolute Gasteiger partial charge is 0.264 e. The van der Waals surface area contributed by atoms with Crippen LogP contribution in [0.5, 0.6) is 5.75 Å². The average molecular weight is 492 g/mol. The van der Waals surface area contributed by atoms with E-state index in [0.717, 1.165) is 37.9 Å². The number of ether oxygens (including phenoxy) is 1. The maximum absolute atomic E-state index is 13.5. The number of carbonyl (C=O) groups is 1. The van der Waals surface area contributed by atoms with E-state index in [1.54, 1.807) is 30.0 Å². The predicted molar refractivity (Wildman–Crippen MR) is 140 cm³/mol. The molecule has 0 aliphatic carbocycles. The molecule has 0 spiro atoms. The number of hydrogen-bond donors (Lipinski definition) is 3. The Bertz CT molecular complexity index is 1340. The molecule has 3 fully saturated rings. The van der Waals surface area contributed by atoms with Crippen molar-refractivity contribution in [2.45, 2.75) is 57.8 Å². The summed E-state index contributed by atoms with van der Waals surface area (Å²) in [5.41, 5.74) is 7.56. The van der Waals surface area contributed by atoms with E-state index in [1.165, 1.54) is 0 Å². The zero-order chi connectivity index (χ0) is 25.4. The number of methoxy groups -OCH3 is 1. The highest BCUT2D eigenvalue weighted by Gasteiger charge is 2.38. The van der Waals surface area contributed by atoms with Crippen molar-refractivity contribution in [2.75, 3.05) is 31.2 Å². The van der Waals surface area contributed by atoms with Crippen molar-refractivity contribution >= 4 is 28.6 Å². The first kappa shape index (κ1) is 24.1. The molecule has 4 N–H and O–H groups in total. The van der Waals surface area contributed by atoms with Crippen LogP contribution in [-0.2, 0) is 6.54 Å². The van der Waals surface area contributed by atoms with Crippen LogP contribution in [0.4, 0.5) is 11.8 Å². The Morgan fingerprint density at radius 1 is 1.28 bits per heavy atom. The van der Waals surface area contributed by atoms with Gasteiger partial charge in [0.2, 0.25) is 5.95 Å². The lowest BCUT2D eigenvalue weighted by atomic mass is 9.91. The van der Waals surface area contributed by atoms with E-state index in [-0.39, 0.29) is 30.0 Å². The number of rotatable bonds is 8. The lowest BCUT2D eigenvalue weighted by molar-refractivity contribution is 0.0473. The molecule has 1 aromatic carbocycles. The molecule has 10 nitrogen and oxygen atoms in total. The number of fused-ring (bicyclic) bond motifs is 3. The van der Waals surface area contributed by atoms with Crippen LogP contribution >= 0.6 is 0 Å². The van der Waals surface area contributed by atoms with Gasteiger partial charge in [-0.3, -0.25) is 9.59 Å². The fourth-order valence-corrected chi connectivity index (χ4v) is 5.22. The molecule has 190 valence electrons. The summed E-state index contributed by atoms with van der Waals surface area (Å²) in [5, 5.41) is 7.17. The van der Waals surface area contributed by atoms with Crippen LogP contribution in [0.2, 0.25) is 0 Å². The second kappa shape index (κ2) is 9.77. The first-order valence-corrected chi connectivity index (χ1v) is 12.5. The number of piperidine rings is 1. The van der Waals surface area contributed by atoms with Crippen molar-refractivity contribution in [1.82, 2.24) is 24.8 Å². The highest BCUT2D eigenvalue weighted by atomic mass is 16.5. The molecule has 0 saturated carbocycles. The lowest BCUT2D eigenvalue weighted by Crippen LogP contribution is -2.67. The number of nitrogen functional groups attached to an aromatic ring is 1. The van der Waals surface area contributed by atoms with Gasteiger partial charge in [0.05, 0.1) is 19.2 Å². The van der Waals surface area contributed by atoms with Gasteiger partial charge in [0.15, 0.2) is 0 Å². The number of piperazine rings is 1. The summed E-state index contributed by atoms with van der Waals surface area (Å²) in [4.78, 5) is 37.1. The van der Waals surface area contributed by atoms with Crippen LogP contribution in [0, 0.1) is 0 Å². The van der Waals surface area contributed by atoms with Gasteiger partial charge in [0, 0.05) is 48.5 Å². The third-order valence-corrected chi connectivity index (χ3v) is 7.03. The molecule has 2 aromatic heterocycles. The van der Waals surface area contributed by atoms with Gasteiger partial charge in [-0.2, -0.15) is 4.98 Å².